The van der Waals surface area contributed by atoms with E-state index in [1.165, 1.54) is 17.0 Å². The first-order chi connectivity index (χ1) is 10.3. The number of carbonyl (C=O) groups excluding carboxylic acids is 2. The second kappa shape index (κ2) is 8.48. The van der Waals surface area contributed by atoms with E-state index < -0.39 is 0 Å². The quantitative estimate of drug-likeness (QED) is 0.760. The summed E-state index contributed by atoms with van der Waals surface area (Å²) >= 11 is 0. The maximum Gasteiger partial charge on any atom is 0.275 e. The molecule has 0 aliphatic heterocycles. The van der Waals surface area contributed by atoms with Crippen molar-refractivity contribution in [3.63, 3.8) is 0 Å². The summed E-state index contributed by atoms with van der Waals surface area (Å²) in [7, 11) is 3.29. The van der Waals surface area contributed by atoms with Crippen molar-refractivity contribution in [2.75, 3.05) is 27.2 Å². The summed E-state index contributed by atoms with van der Waals surface area (Å²) in [5.74, 6) is -0.317. The normalized spacial score (nSPS) is 12.1. The molecule has 0 spiro atoms. The lowest BCUT2D eigenvalue weighted by atomic mass is 9.96. The zero-order valence-electron chi connectivity index (χ0n) is 13.6. The Bertz CT molecular complexity index is 501. The van der Waals surface area contributed by atoms with E-state index in [0.717, 1.165) is 5.56 Å². The molecule has 0 aromatic heterocycles. The first-order valence-corrected chi connectivity index (χ1v) is 7.37. The topological polar surface area (TPSA) is 66.0 Å². The third-order valence-electron chi connectivity index (χ3n) is 3.47. The molecule has 1 rings (SSSR count). The largest absolute Gasteiger partial charge is 0.347 e. The summed E-state index contributed by atoms with van der Waals surface area (Å²) in [6.07, 6.45) is 0. The molecule has 1 atom stereocenters. The van der Waals surface area contributed by atoms with Gasteiger partial charge in [-0.2, -0.15) is 0 Å². The van der Waals surface area contributed by atoms with E-state index in [1.54, 1.807) is 26.2 Å². The Labute approximate surface area is 130 Å². The van der Waals surface area contributed by atoms with Crippen LogP contribution >= 0.6 is 0 Å². The fraction of sp³-hybridized carbons (Fsp3) is 0.500. The van der Waals surface area contributed by atoms with Crippen LogP contribution < -0.4 is 10.6 Å². The van der Waals surface area contributed by atoms with Gasteiger partial charge in [-0.15, -0.1) is 0 Å². The number of benzene rings is 1. The number of hydrogen-bond acceptors (Lipinski definition) is 2. The summed E-state index contributed by atoms with van der Waals surface area (Å²) < 4.78 is 13.0. The second-order valence-corrected chi connectivity index (χ2v) is 5.83. The number of quaternary nitrogens is 1. The average Bonchev–Trinajstić information content (AvgIpc) is 2.46. The maximum atomic E-state index is 13.0. The van der Waals surface area contributed by atoms with Gasteiger partial charge in [0.15, 0.2) is 6.54 Å². The minimum absolute atomic E-state index is 0.00255. The van der Waals surface area contributed by atoms with Crippen molar-refractivity contribution in [3.05, 3.63) is 35.6 Å². The van der Waals surface area contributed by atoms with Crippen LogP contribution in [-0.2, 0) is 9.59 Å². The van der Waals surface area contributed by atoms with Gasteiger partial charge in [-0.25, -0.2) is 4.39 Å². The lowest BCUT2D eigenvalue weighted by Gasteiger charge is -2.19. The van der Waals surface area contributed by atoms with Crippen molar-refractivity contribution in [1.29, 1.82) is 0 Å². The van der Waals surface area contributed by atoms with Gasteiger partial charge < -0.3 is 15.5 Å². The number of carbonyl (C=O) groups is 2. The van der Waals surface area contributed by atoms with E-state index in [0.29, 0.717) is 5.92 Å². The predicted molar refractivity (Wildman–Crippen MR) is 82.5 cm³/mol. The lowest BCUT2D eigenvalue weighted by molar-refractivity contribution is -0.692. The van der Waals surface area contributed by atoms with Gasteiger partial charge in [0, 0.05) is 25.6 Å². The smallest absolute Gasteiger partial charge is 0.275 e. The summed E-state index contributed by atoms with van der Waals surface area (Å²) in [6, 6.07) is 6.40. The standard InChI is InChI=1S/C16H24FN3O2/c1-11(2)16(12-5-7-13(17)8-6-12)19-9-14(21)18-10-15(22)20(3)4/h5-8,11,16,19H,9-10H2,1-4H3,(H,18,21)/p+1/t16-/m1/s1. The lowest BCUT2D eigenvalue weighted by Crippen LogP contribution is -2.88. The van der Waals surface area contributed by atoms with Crippen LogP contribution in [-0.4, -0.2) is 43.9 Å². The fourth-order valence-corrected chi connectivity index (χ4v) is 2.12. The van der Waals surface area contributed by atoms with Gasteiger partial charge in [0.05, 0.1) is 6.54 Å². The second-order valence-electron chi connectivity index (χ2n) is 5.83. The van der Waals surface area contributed by atoms with Crippen molar-refractivity contribution in [2.45, 2.75) is 19.9 Å². The van der Waals surface area contributed by atoms with Crippen LogP contribution in [0.4, 0.5) is 4.39 Å². The summed E-state index contributed by atoms with van der Waals surface area (Å²) in [6.45, 7) is 4.33. The molecule has 22 heavy (non-hydrogen) atoms. The number of amides is 2. The number of halogens is 1. The zero-order valence-corrected chi connectivity index (χ0v) is 13.6. The van der Waals surface area contributed by atoms with Crippen LogP contribution in [0.15, 0.2) is 24.3 Å². The van der Waals surface area contributed by atoms with E-state index >= 15 is 0 Å². The molecule has 122 valence electrons. The molecule has 1 aromatic carbocycles. The highest BCUT2D eigenvalue weighted by molar-refractivity contribution is 5.84. The monoisotopic (exact) mass is 310 g/mol. The Morgan fingerprint density at radius 3 is 2.32 bits per heavy atom. The Morgan fingerprint density at radius 2 is 1.82 bits per heavy atom. The Hall–Kier alpha value is -1.95. The molecule has 0 bridgehead atoms. The number of likely N-dealkylation sites (N-methyl/N-ethyl adjacent to an activating group) is 1. The molecule has 0 aliphatic carbocycles. The highest BCUT2D eigenvalue weighted by Gasteiger charge is 2.20. The minimum Gasteiger partial charge on any atom is -0.347 e. The molecular formula is C16H25FN3O2+. The van der Waals surface area contributed by atoms with Gasteiger partial charge in [0.1, 0.15) is 11.9 Å². The Morgan fingerprint density at radius 1 is 1.23 bits per heavy atom. The Balaban J connectivity index is 2.53. The summed E-state index contributed by atoms with van der Waals surface area (Å²) in [5.41, 5.74) is 0.980. The minimum atomic E-state index is -0.272. The molecule has 0 saturated heterocycles. The third-order valence-corrected chi connectivity index (χ3v) is 3.47. The van der Waals surface area contributed by atoms with Gasteiger partial charge in [0.2, 0.25) is 5.91 Å². The molecular weight excluding hydrogens is 285 g/mol. The van der Waals surface area contributed by atoms with Gasteiger partial charge >= 0.3 is 0 Å². The molecule has 0 unspecified atom stereocenters. The van der Waals surface area contributed by atoms with Crippen LogP contribution in [0.5, 0.6) is 0 Å². The predicted octanol–water partition coefficient (Wildman–Crippen LogP) is 0.291. The molecule has 0 heterocycles. The first-order valence-electron chi connectivity index (χ1n) is 7.37. The number of nitrogens with zero attached hydrogens (tertiary/aromatic N) is 1. The van der Waals surface area contributed by atoms with Crippen LogP contribution in [0, 0.1) is 11.7 Å². The molecule has 1 aromatic rings. The van der Waals surface area contributed by atoms with Crippen molar-refractivity contribution < 1.29 is 19.3 Å². The summed E-state index contributed by atoms with van der Waals surface area (Å²) in [5, 5.41) is 4.51. The van der Waals surface area contributed by atoms with Crippen LogP contribution in [0.3, 0.4) is 0 Å². The van der Waals surface area contributed by atoms with Crippen LogP contribution in [0.25, 0.3) is 0 Å². The molecule has 2 amide bonds. The molecule has 6 heteroatoms. The zero-order chi connectivity index (χ0) is 16.7. The molecule has 3 N–H and O–H groups in total. The van der Waals surface area contributed by atoms with Crippen LogP contribution in [0.2, 0.25) is 0 Å². The number of hydrogen-bond donors (Lipinski definition) is 2. The highest BCUT2D eigenvalue weighted by Crippen LogP contribution is 2.17. The molecule has 0 saturated carbocycles. The van der Waals surface area contributed by atoms with Gasteiger partial charge in [-0.1, -0.05) is 26.0 Å². The Kier molecular flexibility index (Phi) is 6.98. The first kappa shape index (κ1) is 18.1. The third kappa shape index (κ3) is 5.81. The van der Waals surface area contributed by atoms with Gasteiger partial charge in [-0.3, -0.25) is 9.59 Å². The van der Waals surface area contributed by atoms with Crippen molar-refractivity contribution in [3.8, 4) is 0 Å². The maximum absolute atomic E-state index is 13.0. The van der Waals surface area contributed by atoms with E-state index in [4.69, 9.17) is 0 Å². The van der Waals surface area contributed by atoms with Crippen molar-refractivity contribution >= 4 is 11.8 Å². The molecule has 5 nitrogen and oxygen atoms in total. The van der Waals surface area contributed by atoms with Gasteiger partial charge in [-0.05, 0) is 12.1 Å². The number of rotatable bonds is 7. The SMILES string of the molecule is CC(C)[C@@H]([NH2+]CC(=O)NCC(=O)N(C)C)c1ccc(F)cc1. The van der Waals surface area contributed by atoms with E-state index in [-0.39, 0.29) is 36.8 Å². The van der Waals surface area contributed by atoms with E-state index in [9.17, 15) is 14.0 Å². The van der Waals surface area contributed by atoms with E-state index in [2.05, 4.69) is 19.2 Å². The van der Waals surface area contributed by atoms with Gasteiger partial charge in [0.25, 0.3) is 5.91 Å². The molecule has 0 fully saturated rings. The van der Waals surface area contributed by atoms with E-state index in [1.807, 2.05) is 5.32 Å². The van der Waals surface area contributed by atoms with Crippen molar-refractivity contribution in [1.82, 2.24) is 10.2 Å². The molecule has 0 radical (unpaired) electrons. The van der Waals surface area contributed by atoms with Crippen molar-refractivity contribution in [2.24, 2.45) is 5.92 Å². The fourth-order valence-electron chi connectivity index (χ4n) is 2.12. The summed E-state index contributed by atoms with van der Waals surface area (Å²) in [4.78, 5) is 24.7. The highest BCUT2D eigenvalue weighted by atomic mass is 19.1. The number of nitrogens with one attached hydrogen (secondary N) is 1. The number of nitrogens with two attached hydrogens (primary N) is 1. The average molecular weight is 310 g/mol. The molecule has 0 aliphatic rings. The van der Waals surface area contributed by atoms with Crippen LogP contribution in [0.1, 0.15) is 25.5 Å².